The highest BCUT2D eigenvalue weighted by Crippen LogP contribution is 2.33. The second-order valence-electron chi connectivity index (χ2n) is 4.68. The van der Waals surface area contributed by atoms with Crippen molar-refractivity contribution in [3.8, 4) is 5.75 Å². The molecule has 1 unspecified atom stereocenters. The molecule has 0 spiro atoms. The van der Waals surface area contributed by atoms with Crippen molar-refractivity contribution in [2.75, 3.05) is 25.0 Å². The summed E-state index contributed by atoms with van der Waals surface area (Å²) >= 11 is 0. The Bertz CT molecular complexity index is 403. The van der Waals surface area contributed by atoms with Crippen molar-refractivity contribution in [3.05, 3.63) is 23.3 Å². The lowest BCUT2D eigenvalue weighted by Gasteiger charge is -2.26. The number of nitrogens with one attached hydrogen (secondary N) is 2. The number of rotatable bonds is 0. The fourth-order valence-electron chi connectivity index (χ4n) is 2.45. The molecule has 0 saturated carbocycles. The molecule has 1 atom stereocenters. The van der Waals surface area contributed by atoms with Gasteiger partial charge in [-0.1, -0.05) is 13.8 Å². The summed E-state index contributed by atoms with van der Waals surface area (Å²) in [4.78, 5) is 0. The number of ether oxygens (including phenoxy) is 1. The molecule has 0 amide bonds. The van der Waals surface area contributed by atoms with Crippen LogP contribution in [-0.2, 0) is 12.8 Å². The van der Waals surface area contributed by atoms with E-state index in [4.69, 9.17) is 4.74 Å². The van der Waals surface area contributed by atoms with Gasteiger partial charge in [0.25, 0.3) is 0 Å². The molecule has 1 aromatic carbocycles. The van der Waals surface area contributed by atoms with Crippen LogP contribution >= 0.6 is 0 Å². The molecule has 0 bridgehead atoms. The van der Waals surface area contributed by atoms with Crippen LogP contribution in [-0.4, -0.2) is 25.7 Å². The fourth-order valence-corrected chi connectivity index (χ4v) is 2.45. The molecule has 2 N–H and O–H groups in total. The predicted octanol–water partition coefficient (Wildman–Crippen LogP) is 2.59. The van der Waals surface area contributed by atoms with Gasteiger partial charge in [-0.2, -0.15) is 0 Å². The van der Waals surface area contributed by atoms with E-state index in [0.29, 0.717) is 0 Å². The summed E-state index contributed by atoms with van der Waals surface area (Å²) in [6.07, 6.45) is 2.51. The first-order valence-electron chi connectivity index (χ1n) is 7.10. The molecule has 2 aliphatic heterocycles. The van der Waals surface area contributed by atoms with E-state index in [9.17, 15) is 0 Å². The molecule has 100 valence electrons. The molecule has 3 rings (SSSR count). The minimum Gasteiger partial charge on any atom is -0.487 e. The summed E-state index contributed by atoms with van der Waals surface area (Å²) < 4.78 is 5.86. The van der Waals surface area contributed by atoms with E-state index in [-0.39, 0.29) is 6.10 Å². The highest BCUT2D eigenvalue weighted by atomic mass is 16.5. The molecular weight excluding hydrogens is 224 g/mol. The Hall–Kier alpha value is -1.22. The average Bonchev–Trinajstić information content (AvgIpc) is 2.63. The van der Waals surface area contributed by atoms with E-state index in [1.165, 1.54) is 16.8 Å². The van der Waals surface area contributed by atoms with Gasteiger partial charge in [0.2, 0.25) is 0 Å². The second-order valence-corrected chi connectivity index (χ2v) is 4.68. The second kappa shape index (κ2) is 6.10. The van der Waals surface area contributed by atoms with Gasteiger partial charge in [-0.15, -0.1) is 0 Å². The van der Waals surface area contributed by atoms with Gasteiger partial charge in [-0.05, 0) is 56.1 Å². The maximum absolute atomic E-state index is 5.86. The molecule has 3 nitrogen and oxygen atoms in total. The molecule has 0 radical (unpaired) electrons. The topological polar surface area (TPSA) is 33.3 Å². The summed E-state index contributed by atoms with van der Waals surface area (Å²) in [5.41, 5.74) is 4.08. The molecule has 3 heteroatoms. The molecular formula is C15H24N2O. The van der Waals surface area contributed by atoms with Crippen molar-refractivity contribution in [1.82, 2.24) is 5.32 Å². The highest BCUT2D eigenvalue weighted by molar-refractivity contribution is 5.62. The maximum Gasteiger partial charge on any atom is 0.143 e. The summed E-state index contributed by atoms with van der Waals surface area (Å²) in [7, 11) is 0. The Morgan fingerprint density at radius 1 is 1.11 bits per heavy atom. The normalized spacial score (nSPS) is 21.2. The molecule has 0 aromatic heterocycles. The third kappa shape index (κ3) is 2.78. The van der Waals surface area contributed by atoms with Gasteiger partial charge in [0.1, 0.15) is 11.9 Å². The zero-order valence-electron chi connectivity index (χ0n) is 11.7. The maximum atomic E-state index is 5.86. The van der Waals surface area contributed by atoms with E-state index in [1.54, 1.807) is 0 Å². The van der Waals surface area contributed by atoms with Gasteiger partial charge in [0.05, 0.1) is 12.2 Å². The van der Waals surface area contributed by atoms with Gasteiger partial charge >= 0.3 is 0 Å². The van der Waals surface area contributed by atoms with Crippen LogP contribution in [0.15, 0.2) is 12.1 Å². The van der Waals surface area contributed by atoms with Crippen LogP contribution in [0.2, 0.25) is 0 Å². The molecule has 2 heterocycles. The van der Waals surface area contributed by atoms with Gasteiger partial charge in [-0.25, -0.2) is 0 Å². The quantitative estimate of drug-likeness (QED) is 0.740. The average molecular weight is 248 g/mol. The minimum absolute atomic E-state index is 0.273. The first-order valence-corrected chi connectivity index (χ1v) is 7.10. The molecule has 1 aromatic rings. The summed E-state index contributed by atoms with van der Waals surface area (Å²) in [6, 6.07) is 4.49. The molecule has 0 saturated heterocycles. The van der Waals surface area contributed by atoms with Crippen molar-refractivity contribution < 1.29 is 4.74 Å². The summed E-state index contributed by atoms with van der Waals surface area (Å²) in [5, 5.41) is 6.87. The molecule has 2 aliphatic rings. The van der Waals surface area contributed by atoms with E-state index in [1.807, 2.05) is 13.8 Å². The van der Waals surface area contributed by atoms with Crippen LogP contribution in [0.4, 0.5) is 5.69 Å². The predicted molar refractivity (Wildman–Crippen MR) is 76.6 cm³/mol. The van der Waals surface area contributed by atoms with Crippen LogP contribution in [0.25, 0.3) is 0 Å². The van der Waals surface area contributed by atoms with E-state index in [2.05, 4.69) is 29.7 Å². The van der Waals surface area contributed by atoms with Crippen LogP contribution in [0.5, 0.6) is 5.75 Å². The Morgan fingerprint density at radius 2 is 1.78 bits per heavy atom. The molecule has 18 heavy (non-hydrogen) atoms. The number of fused-ring (bicyclic) bond motifs is 2. The number of hydrogen-bond donors (Lipinski definition) is 2. The van der Waals surface area contributed by atoms with Crippen LogP contribution in [0.1, 0.15) is 31.9 Å². The van der Waals surface area contributed by atoms with Crippen molar-refractivity contribution in [2.24, 2.45) is 0 Å². The monoisotopic (exact) mass is 248 g/mol. The number of hydrogen-bond acceptors (Lipinski definition) is 3. The summed E-state index contributed by atoms with van der Waals surface area (Å²) in [5.74, 6) is 1.03. The Morgan fingerprint density at radius 3 is 2.50 bits per heavy atom. The Balaban J connectivity index is 0.000000574. The van der Waals surface area contributed by atoms with Crippen molar-refractivity contribution in [2.45, 2.75) is 39.7 Å². The zero-order valence-corrected chi connectivity index (χ0v) is 11.7. The standard InChI is InChI=1S/C13H18N2O.C2H6/c1-9-8-15-12-6-10-2-4-14-5-3-11(10)7-13(12)16-9;1-2/h6-7,9,14-15H,2-5,8H2,1H3;1-2H3. The fraction of sp³-hybridized carbons (Fsp3) is 0.600. The highest BCUT2D eigenvalue weighted by Gasteiger charge is 2.18. The van der Waals surface area contributed by atoms with Gasteiger partial charge < -0.3 is 15.4 Å². The Labute approximate surface area is 110 Å². The first kappa shape index (κ1) is 13.2. The third-order valence-corrected chi connectivity index (χ3v) is 3.35. The van der Waals surface area contributed by atoms with Crippen LogP contribution in [0.3, 0.4) is 0 Å². The van der Waals surface area contributed by atoms with E-state index in [0.717, 1.165) is 38.2 Å². The third-order valence-electron chi connectivity index (χ3n) is 3.35. The number of benzene rings is 1. The zero-order chi connectivity index (χ0) is 13.0. The van der Waals surface area contributed by atoms with E-state index < -0.39 is 0 Å². The largest absolute Gasteiger partial charge is 0.487 e. The van der Waals surface area contributed by atoms with E-state index >= 15 is 0 Å². The minimum atomic E-state index is 0.273. The summed E-state index contributed by atoms with van der Waals surface area (Å²) in [6.45, 7) is 9.17. The lowest BCUT2D eigenvalue weighted by Crippen LogP contribution is -2.27. The first-order chi connectivity index (χ1) is 8.83. The van der Waals surface area contributed by atoms with Crippen LogP contribution in [0, 0.1) is 0 Å². The lowest BCUT2D eigenvalue weighted by molar-refractivity contribution is 0.226. The Kier molecular flexibility index (Phi) is 4.48. The van der Waals surface area contributed by atoms with Crippen molar-refractivity contribution in [1.29, 1.82) is 0 Å². The number of anilines is 1. The van der Waals surface area contributed by atoms with Gasteiger partial charge in [0, 0.05) is 0 Å². The molecule has 0 fully saturated rings. The van der Waals surface area contributed by atoms with Crippen LogP contribution < -0.4 is 15.4 Å². The smallest absolute Gasteiger partial charge is 0.143 e. The van der Waals surface area contributed by atoms with Gasteiger partial charge in [-0.3, -0.25) is 0 Å². The lowest BCUT2D eigenvalue weighted by atomic mass is 10.0. The SMILES string of the molecule is CC.CC1CNc2cc3c(cc2O1)CCNCC3. The van der Waals surface area contributed by atoms with Gasteiger partial charge in [0.15, 0.2) is 0 Å². The molecule has 0 aliphatic carbocycles. The van der Waals surface area contributed by atoms with Crippen molar-refractivity contribution >= 4 is 5.69 Å². The van der Waals surface area contributed by atoms with Crippen molar-refractivity contribution in [3.63, 3.8) is 0 Å².